The van der Waals surface area contributed by atoms with Crippen LogP contribution in [-0.2, 0) is 4.79 Å². The predicted octanol–water partition coefficient (Wildman–Crippen LogP) is 1.52. The fourth-order valence-electron chi connectivity index (χ4n) is 2.48. The Morgan fingerprint density at radius 3 is 2.58 bits per heavy atom. The summed E-state index contributed by atoms with van der Waals surface area (Å²) in [5.74, 6) is 1.06. The van der Waals surface area contributed by atoms with E-state index < -0.39 is 0 Å². The van der Waals surface area contributed by atoms with Gasteiger partial charge in [0.05, 0.1) is 6.54 Å². The molecule has 1 atom stereocenters. The third kappa shape index (κ3) is 3.70. The first-order chi connectivity index (χ1) is 9.08. The van der Waals surface area contributed by atoms with Crippen molar-refractivity contribution in [3.05, 3.63) is 29.3 Å². The van der Waals surface area contributed by atoms with Crippen LogP contribution in [0, 0.1) is 19.8 Å². The summed E-state index contributed by atoms with van der Waals surface area (Å²) in [5.41, 5.74) is 2.35. The Morgan fingerprint density at radius 1 is 1.32 bits per heavy atom. The van der Waals surface area contributed by atoms with E-state index in [9.17, 15) is 4.79 Å². The highest BCUT2D eigenvalue weighted by Crippen LogP contribution is 2.18. The molecule has 1 aliphatic heterocycles. The minimum Gasteiger partial charge on any atom is -0.492 e. The molecule has 1 unspecified atom stereocenters. The minimum absolute atomic E-state index is 0.0835. The number of hydrogen-bond acceptors (Lipinski definition) is 3. The van der Waals surface area contributed by atoms with Gasteiger partial charge < -0.3 is 14.7 Å². The van der Waals surface area contributed by atoms with E-state index >= 15 is 0 Å². The number of amides is 1. The van der Waals surface area contributed by atoms with Gasteiger partial charge in [-0.25, -0.2) is 0 Å². The van der Waals surface area contributed by atoms with Gasteiger partial charge in [-0.05, 0) is 37.1 Å². The van der Waals surface area contributed by atoms with Crippen LogP contribution in [0.1, 0.15) is 17.5 Å². The fourth-order valence-corrected chi connectivity index (χ4v) is 2.48. The molecule has 4 heteroatoms. The summed E-state index contributed by atoms with van der Waals surface area (Å²) < 4.78 is 5.69. The first kappa shape index (κ1) is 13.9. The maximum Gasteiger partial charge on any atom is 0.223 e. The van der Waals surface area contributed by atoms with Crippen LogP contribution >= 0.6 is 0 Å². The molecule has 1 N–H and O–H groups in total. The standard InChI is InChI=1S/C15H21NO3/c1-11-5-12(2)7-14(6-11)19-4-3-16-9-13(10-17)8-15(16)18/h5-7,13,17H,3-4,8-10H2,1-2H3. The number of nitrogens with zero attached hydrogens (tertiary/aromatic N) is 1. The van der Waals surface area contributed by atoms with Crippen LogP contribution in [0.2, 0.25) is 0 Å². The van der Waals surface area contributed by atoms with Gasteiger partial charge in [0.2, 0.25) is 5.91 Å². The number of hydrogen-bond donors (Lipinski definition) is 1. The average molecular weight is 263 g/mol. The van der Waals surface area contributed by atoms with Gasteiger partial charge >= 0.3 is 0 Å². The lowest BCUT2D eigenvalue weighted by Crippen LogP contribution is -2.30. The number of aliphatic hydroxyl groups is 1. The van der Waals surface area contributed by atoms with Crippen molar-refractivity contribution in [1.29, 1.82) is 0 Å². The van der Waals surface area contributed by atoms with Gasteiger partial charge in [-0.15, -0.1) is 0 Å². The SMILES string of the molecule is Cc1cc(C)cc(OCCN2CC(CO)CC2=O)c1. The molecule has 1 aromatic rings. The molecule has 1 amide bonds. The number of aliphatic hydroxyl groups excluding tert-OH is 1. The zero-order chi connectivity index (χ0) is 13.8. The molecule has 1 aromatic carbocycles. The molecule has 0 aliphatic carbocycles. The van der Waals surface area contributed by atoms with Crippen LogP contribution < -0.4 is 4.74 Å². The Bertz CT molecular complexity index is 438. The third-order valence-electron chi connectivity index (χ3n) is 3.38. The summed E-state index contributed by atoms with van der Waals surface area (Å²) in [6.45, 7) is 5.88. The highest BCUT2D eigenvalue weighted by molar-refractivity contribution is 5.78. The van der Waals surface area contributed by atoms with E-state index in [1.54, 1.807) is 4.90 Å². The summed E-state index contributed by atoms with van der Waals surface area (Å²) in [7, 11) is 0. The van der Waals surface area contributed by atoms with Gasteiger partial charge in [0.1, 0.15) is 12.4 Å². The van der Waals surface area contributed by atoms with Crippen molar-refractivity contribution >= 4 is 5.91 Å². The third-order valence-corrected chi connectivity index (χ3v) is 3.38. The second-order valence-electron chi connectivity index (χ2n) is 5.26. The molecule has 0 radical (unpaired) electrons. The number of carbonyl (C=O) groups is 1. The summed E-state index contributed by atoms with van der Waals surface area (Å²) in [4.78, 5) is 13.4. The Morgan fingerprint density at radius 2 is 2.00 bits per heavy atom. The van der Waals surface area contributed by atoms with Gasteiger partial charge in [-0.3, -0.25) is 4.79 Å². The second-order valence-corrected chi connectivity index (χ2v) is 5.26. The maximum atomic E-state index is 11.7. The van der Waals surface area contributed by atoms with Crippen LogP contribution in [0.4, 0.5) is 0 Å². The van der Waals surface area contributed by atoms with Crippen molar-refractivity contribution in [2.45, 2.75) is 20.3 Å². The Balaban J connectivity index is 1.82. The van der Waals surface area contributed by atoms with Gasteiger partial charge in [0, 0.05) is 25.5 Å². The molecule has 1 aliphatic rings. The molecule has 0 saturated carbocycles. The van der Waals surface area contributed by atoms with Crippen LogP contribution in [0.15, 0.2) is 18.2 Å². The molecule has 1 heterocycles. The molecule has 0 spiro atoms. The van der Waals surface area contributed by atoms with E-state index in [-0.39, 0.29) is 18.4 Å². The van der Waals surface area contributed by atoms with E-state index in [0.29, 0.717) is 26.1 Å². The highest BCUT2D eigenvalue weighted by Gasteiger charge is 2.28. The first-order valence-electron chi connectivity index (χ1n) is 6.68. The predicted molar refractivity (Wildman–Crippen MR) is 73.2 cm³/mol. The Labute approximate surface area is 114 Å². The molecule has 19 heavy (non-hydrogen) atoms. The molecular formula is C15H21NO3. The first-order valence-corrected chi connectivity index (χ1v) is 6.68. The normalized spacial score (nSPS) is 19.0. The molecule has 0 aromatic heterocycles. The second kappa shape index (κ2) is 6.06. The van der Waals surface area contributed by atoms with E-state index in [2.05, 4.69) is 6.07 Å². The van der Waals surface area contributed by atoms with Crippen molar-refractivity contribution in [2.75, 3.05) is 26.3 Å². The Kier molecular flexibility index (Phi) is 4.43. The van der Waals surface area contributed by atoms with Gasteiger partial charge in [0.25, 0.3) is 0 Å². The number of carbonyl (C=O) groups excluding carboxylic acids is 1. The molecule has 2 rings (SSSR count). The largest absolute Gasteiger partial charge is 0.492 e. The lowest BCUT2D eigenvalue weighted by Gasteiger charge is -2.17. The number of benzene rings is 1. The van der Waals surface area contributed by atoms with Crippen LogP contribution in [0.3, 0.4) is 0 Å². The Hall–Kier alpha value is -1.55. The quantitative estimate of drug-likeness (QED) is 0.876. The van der Waals surface area contributed by atoms with Gasteiger partial charge in [-0.1, -0.05) is 6.07 Å². The monoisotopic (exact) mass is 263 g/mol. The average Bonchev–Trinajstić information content (AvgIpc) is 2.69. The van der Waals surface area contributed by atoms with Gasteiger partial charge in [0.15, 0.2) is 0 Å². The van der Waals surface area contributed by atoms with Crippen molar-refractivity contribution in [3.8, 4) is 5.75 Å². The summed E-state index contributed by atoms with van der Waals surface area (Å²) in [5, 5.41) is 9.06. The minimum atomic E-state index is 0.0835. The molecule has 1 fully saturated rings. The number of rotatable bonds is 5. The maximum absolute atomic E-state index is 11.7. The smallest absolute Gasteiger partial charge is 0.223 e. The van der Waals surface area contributed by atoms with E-state index in [1.807, 2.05) is 26.0 Å². The molecular weight excluding hydrogens is 242 g/mol. The highest BCUT2D eigenvalue weighted by atomic mass is 16.5. The number of likely N-dealkylation sites (tertiary alicyclic amines) is 1. The van der Waals surface area contributed by atoms with E-state index in [1.165, 1.54) is 11.1 Å². The molecule has 0 bridgehead atoms. The molecule has 4 nitrogen and oxygen atoms in total. The van der Waals surface area contributed by atoms with Crippen molar-refractivity contribution in [3.63, 3.8) is 0 Å². The van der Waals surface area contributed by atoms with Crippen LogP contribution in [0.25, 0.3) is 0 Å². The topological polar surface area (TPSA) is 49.8 Å². The van der Waals surface area contributed by atoms with Gasteiger partial charge in [-0.2, -0.15) is 0 Å². The van der Waals surface area contributed by atoms with Crippen LogP contribution in [0.5, 0.6) is 5.75 Å². The fraction of sp³-hybridized carbons (Fsp3) is 0.533. The van der Waals surface area contributed by atoms with Crippen molar-refractivity contribution in [1.82, 2.24) is 4.90 Å². The number of ether oxygens (including phenoxy) is 1. The van der Waals surface area contributed by atoms with E-state index in [4.69, 9.17) is 9.84 Å². The molecule has 1 saturated heterocycles. The lowest BCUT2D eigenvalue weighted by molar-refractivity contribution is -0.128. The summed E-state index contributed by atoms with van der Waals surface area (Å²) >= 11 is 0. The van der Waals surface area contributed by atoms with Crippen molar-refractivity contribution in [2.24, 2.45) is 5.92 Å². The molecule has 104 valence electrons. The summed E-state index contributed by atoms with van der Waals surface area (Å²) in [6.07, 6.45) is 0.458. The summed E-state index contributed by atoms with van der Waals surface area (Å²) in [6, 6.07) is 6.09. The van der Waals surface area contributed by atoms with E-state index in [0.717, 1.165) is 5.75 Å². The van der Waals surface area contributed by atoms with Crippen LogP contribution in [-0.4, -0.2) is 42.2 Å². The zero-order valence-electron chi connectivity index (χ0n) is 11.6. The van der Waals surface area contributed by atoms with Crippen molar-refractivity contribution < 1.29 is 14.6 Å². The zero-order valence-corrected chi connectivity index (χ0v) is 11.6. The lowest BCUT2D eigenvalue weighted by atomic mass is 10.1. The number of aryl methyl sites for hydroxylation is 2.